The predicted molar refractivity (Wildman–Crippen MR) is 60.6 cm³/mol. The van der Waals surface area contributed by atoms with Crippen molar-refractivity contribution in [1.29, 1.82) is 0 Å². The van der Waals surface area contributed by atoms with E-state index in [2.05, 4.69) is 10.2 Å². The van der Waals surface area contributed by atoms with Crippen molar-refractivity contribution in [3.8, 4) is 5.75 Å². The lowest BCUT2D eigenvalue weighted by Gasteiger charge is -2.08. The Balaban J connectivity index is 2.34. The van der Waals surface area contributed by atoms with Crippen LogP contribution in [0.3, 0.4) is 0 Å². The van der Waals surface area contributed by atoms with Crippen LogP contribution in [0.2, 0.25) is 5.02 Å². The van der Waals surface area contributed by atoms with Gasteiger partial charge in [0.1, 0.15) is 5.75 Å². The average molecular weight is 259 g/mol. The third kappa shape index (κ3) is 4.60. The van der Waals surface area contributed by atoms with E-state index >= 15 is 0 Å². The maximum Gasteiger partial charge on any atom is 0.425 e. The van der Waals surface area contributed by atoms with Crippen LogP contribution in [0.5, 0.6) is 5.75 Å². The minimum atomic E-state index is -0.768. The zero-order chi connectivity index (χ0) is 12.7. The average Bonchev–Trinajstić information content (AvgIpc) is 2.35. The minimum Gasteiger partial charge on any atom is -0.482 e. The van der Waals surface area contributed by atoms with Crippen molar-refractivity contribution >= 4 is 23.6 Å². The second kappa shape index (κ2) is 6.59. The lowest BCUT2D eigenvalue weighted by Crippen LogP contribution is -2.43. The Morgan fingerprint density at radius 1 is 1.29 bits per heavy atom. The van der Waals surface area contributed by atoms with Crippen molar-refractivity contribution in [1.82, 2.24) is 10.9 Å². The molecule has 0 aliphatic heterocycles. The van der Waals surface area contributed by atoms with Crippen LogP contribution < -0.4 is 15.6 Å². The van der Waals surface area contributed by atoms with Crippen molar-refractivity contribution in [2.24, 2.45) is 0 Å². The molecule has 2 amide bonds. The van der Waals surface area contributed by atoms with Gasteiger partial charge in [0.2, 0.25) is 0 Å². The smallest absolute Gasteiger partial charge is 0.425 e. The van der Waals surface area contributed by atoms with Gasteiger partial charge in [-0.25, -0.2) is 10.2 Å². The standard InChI is InChI=1S/C10H11ClN2O4/c1-16-10(15)13-12-9(14)6-17-8-5-3-2-4-7(8)11/h2-5H,6H2,1H3,(H,12,14)(H,13,15). The summed E-state index contributed by atoms with van der Waals surface area (Å²) in [6.07, 6.45) is -0.768. The number of ether oxygens (including phenoxy) is 2. The lowest BCUT2D eigenvalue weighted by atomic mass is 10.3. The number of halogens is 1. The summed E-state index contributed by atoms with van der Waals surface area (Å²) in [5.41, 5.74) is 4.10. The van der Waals surface area contributed by atoms with Crippen LogP contribution in [-0.4, -0.2) is 25.7 Å². The van der Waals surface area contributed by atoms with Crippen molar-refractivity contribution in [3.63, 3.8) is 0 Å². The van der Waals surface area contributed by atoms with E-state index in [1.165, 1.54) is 7.11 Å². The number of hydrogen-bond acceptors (Lipinski definition) is 4. The zero-order valence-corrected chi connectivity index (χ0v) is 9.78. The summed E-state index contributed by atoms with van der Waals surface area (Å²) >= 11 is 5.81. The fourth-order valence-electron chi connectivity index (χ4n) is 0.913. The maximum atomic E-state index is 11.2. The van der Waals surface area contributed by atoms with Crippen molar-refractivity contribution in [3.05, 3.63) is 29.3 Å². The van der Waals surface area contributed by atoms with Gasteiger partial charge < -0.3 is 9.47 Å². The summed E-state index contributed by atoms with van der Waals surface area (Å²) in [4.78, 5) is 21.8. The van der Waals surface area contributed by atoms with Crippen LogP contribution in [0.15, 0.2) is 24.3 Å². The van der Waals surface area contributed by atoms with Crippen molar-refractivity contribution in [2.75, 3.05) is 13.7 Å². The molecule has 0 unspecified atom stereocenters. The normalized spacial score (nSPS) is 9.29. The Kier molecular flexibility index (Phi) is 5.09. The van der Waals surface area contributed by atoms with Crippen LogP contribution in [0.4, 0.5) is 4.79 Å². The molecule has 0 aromatic heterocycles. The molecule has 0 heterocycles. The molecule has 1 aromatic carbocycles. The summed E-state index contributed by atoms with van der Waals surface area (Å²) in [5, 5.41) is 0.404. The maximum absolute atomic E-state index is 11.2. The monoisotopic (exact) mass is 258 g/mol. The molecule has 2 N–H and O–H groups in total. The summed E-state index contributed by atoms with van der Waals surface area (Å²) in [6, 6.07) is 6.74. The Bertz CT molecular complexity index is 411. The summed E-state index contributed by atoms with van der Waals surface area (Å²) in [7, 11) is 1.18. The van der Waals surface area contributed by atoms with Gasteiger partial charge >= 0.3 is 6.09 Å². The van der Waals surface area contributed by atoms with E-state index in [0.717, 1.165) is 0 Å². The Hall–Kier alpha value is -1.95. The molecule has 1 aromatic rings. The highest BCUT2D eigenvalue weighted by Gasteiger charge is 2.06. The molecule has 6 nitrogen and oxygen atoms in total. The zero-order valence-electron chi connectivity index (χ0n) is 9.03. The van der Waals surface area contributed by atoms with Crippen LogP contribution in [0.1, 0.15) is 0 Å². The largest absolute Gasteiger partial charge is 0.482 e. The first-order valence-corrected chi connectivity index (χ1v) is 5.01. The van der Waals surface area contributed by atoms with Gasteiger partial charge in [-0.05, 0) is 12.1 Å². The van der Waals surface area contributed by atoms with Gasteiger partial charge in [-0.1, -0.05) is 23.7 Å². The number of methoxy groups -OCH3 is 1. The fourth-order valence-corrected chi connectivity index (χ4v) is 1.10. The van der Waals surface area contributed by atoms with Crippen LogP contribution in [0, 0.1) is 0 Å². The first-order chi connectivity index (χ1) is 8.13. The second-order valence-electron chi connectivity index (χ2n) is 2.88. The molecular weight excluding hydrogens is 248 g/mol. The highest BCUT2D eigenvalue weighted by atomic mass is 35.5. The Labute approximate surface area is 103 Å². The summed E-state index contributed by atoms with van der Waals surface area (Å²) in [6.45, 7) is -0.270. The van der Waals surface area contributed by atoms with Crippen molar-refractivity contribution in [2.45, 2.75) is 0 Å². The number of rotatable bonds is 3. The van der Waals surface area contributed by atoms with E-state index in [9.17, 15) is 9.59 Å². The Morgan fingerprint density at radius 3 is 2.65 bits per heavy atom. The quantitative estimate of drug-likeness (QED) is 0.796. The van der Waals surface area contributed by atoms with Crippen LogP contribution in [-0.2, 0) is 9.53 Å². The molecule has 0 aliphatic rings. The van der Waals surface area contributed by atoms with Gasteiger partial charge in [0, 0.05) is 0 Å². The summed E-state index contributed by atoms with van der Waals surface area (Å²) < 4.78 is 9.38. The number of carbonyl (C=O) groups excluding carboxylic acids is 2. The summed E-state index contributed by atoms with van der Waals surface area (Å²) in [5.74, 6) is -0.141. The number of benzene rings is 1. The van der Waals surface area contributed by atoms with Gasteiger partial charge in [-0.3, -0.25) is 10.2 Å². The van der Waals surface area contributed by atoms with Gasteiger partial charge in [0.05, 0.1) is 12.1 Å². The number of hydrazine groups is 1. The molecule has 0 aliphatic carbocycles. The molecule has 0 saturated carbocycles. The molecule has 7 heteroatoms. The molecule has 92 valence electrons. The van der Waals surface area contributed by atoms with E-state index in [1.54, 1.807) is 24.3 Å². The van der Waals surface area contributed by atoms with Crippen molar-refractivity contribution < 1.29 is 19.1 Å². The molecular formula is C10H11ClN2O4. The molecule has 0 saturated heterocycles. The van der Waals surface area contributed by atoms with Gasteiger partial charge in [0.15, 0.2) is 6.61 Å². The Morgan fingerprint density at radius 2 is 2.00 bits per heavy atom. The molecule has 17 heavy (non-hydrogen) atoms. The number of carbonyl (C=O) groups is 2. The van der Waals surface area contributed by atoms with E-state index in [4.69, 9.17) is 16.3 Å². The third-order valence-corrected chi connectivity index (χ3v) is 2.00. The molecule has 1 rings (SSSR count). The van der Waals surface area contributed by atoms with E-state index < -0.39 is 12.0 Å². The van der Waals surface area contributed by atoms with E-state index in [0.29, 0.717) is 10.8 Å². The fraction of sp³-hybridized carbons (Fsp3) is 0.200. The molecule has 0 spiro atoms. The van der Waals surface area contributed by atoms with Gasteiger partial charge in [0.25, 0.3) is 5.91 Å². The van der Waals surface area contributed by atoms with Gasteiger partial charge in [-0.2, -0.15) is 0 Å². The number of amides is 2. The lowest BCUT2D eigenvalue weighted by molar-refractivity contribution is -0.123. The molecule has 0 radical (unpaired) electrons. The third-order valence-electron chi connectivity index (χ3n) is 1.68. The predicted octanol–water partition coefficient (Wildman–Crippen LogP) is 1.11. The topological polar surface area (TPSA) is 76.7 Å². The van der Waals surface area contributed by atoms with E-state index in [-0.39, 0.29) is 6.61 Å². The molecule has 0 fully saturated rings. The molecule has 0 bridgehead atoms. The van der Waals surface area contributed by atoms with E-state index in [1.807, 2.05) is 5.43 Å². The highest BCUT2D eigenvalue weighted by Crippen LogP contribution is 2.22. The highest BCUT2D eigenvalue weighted by molar-refractivity contribution is 6.32. The minimum absolute atomic E-state index is 0.270. The first kappa shape index (κ1) is 13.1. The number of nitrogens with one attached hydrogen (secondary N) is 2. The number of hydrogen-bond donors (Lipinski definition) is 2. The molecule has 0 atom stereocenters. The first-order valence-electron chi connectivity index (χ1n) is 4.63. The van der Waals surface area contributed by atoms with Crippen LogP contribution >= 0.6 is 11.6 Å². The second-order valence-corrected chi connectivity index (χ2v) is 3.29. The number of para-hydroxylation sites is 1. The van der Waals surface area contributed by atoms with Crippen LogP contribution in [0.25, 0.3) is 0 Å². The van der Waals surface area contributed by atoms with Gasteiger partial charge in [-0.15, -0.1) is 0 Å². The SMILES string of the molecule is COC(=O)NNC(=O)COc1ccccc1Cl.